The molecule has 2 aliphatic rings. The number of methoxy groups -OCH3 is 1. The van der Waals surface area contributed by atoms with Gasteiger partial charge in [-0.05, 0) is 24.5 Å². The number of aromatic nitrogens is 4. The third-order valence-corrected chi connectivity index (χ3v) is 7.46. The normalized spacial score (nSPS) is 19.8. The largest absolute Gasteiger partial charge is 0.494 e. The van der Waals surface area contributed by atoms with Gasteiger partial charge in [0.1, 0.15) is 11.6 Å². The third-order valence-electron chi connectivity index (χ3n) is 7.46. The molecule has 2 unspecified atom stereocenters. The summed E-state index contributed by atoms with van der Waals surface area (Å²) in [5.74, 6) is -2.05. The van der Waals surface area contributed by atoms with Gasteiger partial charge in [0.2, 0.25) is 11.7 Å². The predicted octanol–water partition coefficient (Wildman–Crippen LogP) is 3.76. The van der Waals surface area contributed by atoms with Crippen LogP contribution in [0.3, 0.4) is 0 Å². The van der Waals surface area contributed by atoms with Crippen LogP contribution in [-0.2, 0) is 24.1 Å². The smallest absolute Gasteiger partial charge is 0.451 e. The summed E-state index contributed by atoms with van der Waals surface area (Å²) < 4.78 is 60.6. The molecule has 2 aromatic heterocycles. The lowest BCUT2D eigenvalue weighted by Crippen LogP contribution is -2.49. The lowest BCUT2D eigenvalue weighted by molar-refractivity contribution is -0.148. The number of alkyl halides is 3. The van der Waals surface area contributed by atoms with E-state index in [1.54, 1.807) is 11.0 Å². The van der Waals surface area contributed by atoms with Crippen molar-refractivity contribution in [2.45, 2.75) is 39.0 Å². The van der Waals surface area contributed by atoms with Crippen LogP contribution in [0, 0.1) is 29.0 Å². The molecule has 0 aliphatic carbocycles. The SMILES string of the molecule is CCC1CN(c2c(C#N)cnc3c(F)c(OC)ccc23)CCC1C(=O)N1CCn2c(nnc2C(F)(F)F)C1. The summed E-state index contributed by atoms with van der Waals surface area (Å²) in [5.41, 5.74) is 0.965. The van der Waals surface area contributed by atoms with Gasteiger partial charge in [-0.3, -0.25) is 9.78 Å². The van der Waals surface area contributed by atoms with Crippen LogP contribution >= 0.6 is 0 Å². The molecular formula is C25H25F4N7O2. The minimum atomic E-state index is -4.61. The third kappa shape index (κ3) is 4.27. The van der Waals surface area contributed by atoms with Crippen LogP contribution in [-0.4, -0.2) is 57.3 Å². The molecule has 9 nitrogen and oxygen atoms in total. The average molecular weight is 532 g/mol. The second-order valence-corrected chi connectivity index (χ2v) is 9.47. The standard InChI is InChI=1S/C25H25F4N7O2/c1-3-14-12-34(22-15(10-30)11-31-21-17(22)4-5-18(38-2)20(21)26)7-6-16(14)23(37)35-8-9-36-19(13-35)32-33-24(36)25(27,28)29/h4-5,11,14,16H,3,6-9,12-13H2,1-2H3. The summed E-state index contributed by atoms with van der Waals surface area (Å²) in [7, 11) is 1.36. The number of ether oxygens (including phenoxy) is 1. The van der Waals surface area contributed by atoms with Crippen molar-refractivity contribution in [1.29, 1.82) is 5.26 Å². The molecular weight excluding hydrogens is 506 g/mol. The first kappa shape index (κ1) is 25.7. The molecule has 0 N–H and O–H groups in total. The van der Waals surface area contributed by atoms with E-state index in [1.807, 2.05) is 11.8 Å². The van der Waals surface area contributed by atoms with Gasteiger partial charge in [0.15, 0.2) is 17.4 Å². The van der Waals surface area contributed by atoms with Crippen molar-refractivity contribution in [3.63, 3.8) is 0 Å². The number of amides is 1. The maximum absolute atomic E-state index is 14.9. The Hall–Kier alpha value is -3.95. The minimum absolute atomic E-state index is 0.0257. The topological polar surface area (TPSA) is 100 Å². The molecule has 200 valence electrons. The van der Waals surface area contributed by atoms with Gasteiger partial charge in [-0.25, -0.2) is 4.39 Å². The van der Waals surface area contributed by atoms with Crippen LogP contribution in [0.1, 0.15) is 37.0 Å². The summed E-state index contributed by atoms with van der Waals surface area (Å²) in [4.78, 5) is 21.2. The molecule has 1 saturated heterocycles. The van der Waals surface area contributed by atoms with Crippen molar-refractivity contribution in [1.82, 2.24) is 24.6 Å². The van der Waals surface area contributed by atoms with Crippen LogP contribution in [0.2, 0.25) is 0 Å². The van der Waals surface area contributed by atoms with Crippen LogP contribution in [0.15, 0.2) is 18.3 Å². The molecule has 1 aromatic carbocycles. The first-order chi connectivity index (χ1) is 18.2. The van der Waals surface area contributed by atoms with Gasteiger partial charge in [-0.2, -0.15) is 18.4 Å². The zero-order valence-electron chi connectivity index (χ0n) is 20.8. The number of rotatable bonds is 4. The molecule has 4 heterocycles. The minimum Gasteiger partial charge on any atom is -0.494 e. The quantitative estimate of drug-likeness (QED) is 0.473. The van der Waals surface area contributed by atoms with Crippen molar-refractivity contribution >= 4 is 22.5 Å². The summed E-state index contributed by atoms with van der Waals surface area (Å²) >= 11 is 0. The van der Waals surface area contributed by atoms with Crippen LogP contribution in [0.25, 0.3) is 10.9 Å². The molecule has 2 atom stereocenters. The highest BCUT2D eigenvalue weighted by molar-refractivity contribution is 5.95. The van der Waals surface area contributed by atoms with Gasteiger partial charge in [-0.1, -0.05) is 13.3 Å². The number of carbonyl (C=O) groups is 1. The molecule has 0 bridgehead atoms. The van der Waals surface area contributed by atoms with E-state index in [2.05, 4.69) is 21.3 Å². The average Bonchev–Trinajstić information content (AvgIpc) is 3.36. The fourth-order valence-corrected chi connectivity index (χ4v) is 5.54. The number of anilines is 1. The molecule has 0 radical (unpaired) electrons. The Kier molecular flexibility index (Phi) is 6.58. The maximum atomic E-state index is 14.9. The second-order valence-electron chi connectivity index (χ2n) is 9.47. The molecule has 5 rings (SSSR count). The molecule has 2 aliphatic heterocycles. The van der Waals surface area contributed by atoms with Crippen LogP contribution < -0.4 is 9.64 Å². The highest BCUT2D eigenvalue weighted by atomic mass is 19.4. The van der Waals surface area contributed by atoms with Gasteiger partial charge >= 0.3 is 6.18 Å². The molecule has 0 saturated carbocycles. The van der Waals surface area contributed by atoms with Crippen LogP contribution in [0.4, 0.5) is 23.2 Å². The van der Waals surface area contributed by atoms with Gasteiger partial charge in [0.05, 0.1) is 24.9 Å². The number of halogens is 4. The summed E-state index contributed by atoms with van der Waals surface area (Å²) in [5, 5.41) is 17.2. The van der Waals surface area contributed by atoms with Crippen LogP contribution in [0.5, 0.6) is 5.75 Å². The van der Waals surface area contributed by atoms with E-state index in [4.69, 9.17) is 4.74 Å². The summed E-state index contributed by atoms with van der Waals surface area (Å²) in [6.45, 7) is 2.94. The van der Waals surface area contributed by atoms with Crippen molar-refractivity contribution in [2.75, 3.05) is 31.6 Å². The number of carbonyl (C=O) groups excluding carboxylic acids is 1. The fraction of sp³-hybridized carbons (Fsp3) is 0.480. The molecule has 1 fully saturated rings. The number of piperidine rings is 1. The predicted molar refractivity (Wildman–Crippen MR) is 128 cm³/mol. The maximum Gasteiger partial charge on any atom is 0.451 e. The lowest BCUT2D eigenvalue weighted by Gasteiger charge is -2.41. The lowest BCUT2D eigenvalue weighted by atomic mass is 9.82. The van der Waals surface area contributed by atoms with Crippen molar-refractivity contribution in [2.24, 2.45) is 11.8 Å². The van der Waals surface area contributed by atoms with Gasteiger partial charge in [0, 0.05) is 43.7 Å². The number of benzene rings is 1. The van der Waals surface area contributed by atoms with E-state index in [9.17, 15) is 27.6 Å². The number of nitrogens with zero attached hydrogens (tertiary/aromatic N) is 7. The highest BCUT2D eigenvalue weighted by Crippen LogP contribution is 2.38. The molecule has 38 heavy (non-hydrogen) atoms. The zero-order valence-corrected chi connectivity index (χ0v) is 20.8. The Morgan fingerprint density at radius 2 is 2.03 bits per heavy atom. The van der Waals surface area contributed by atoms with E-state index >= 15 is 0 Å². The first-order valence-electron chi connectivity index (χ1n) is 12.3. The van der Waals surface area contributed by atoms with E-state index < -0.39 is 17.8 Å². The van der Waals surface area contributed by atoms with E-state index in [0.29, 0.717) is 42.6 Å². The number of nitriles is 1. The Morgan fingerprint density at radius 3 is 2.71 bits per heavy atom. The van der Waals surface area contributed by atoms with E-state index in [-0.39, 0.29) is 54.5 Å². The molecule has 1 amide bonds. The van der Waals surface area contributed by atoms with Gasteiger partial charge in [0.25, 0.3) is 0 Å². The van der Waals surface area contributed by atoms with Crippen molar-refractivity contribution in [3.8, 4) is 11.8 Å². The Balaban J connectivity index is 1.38. The molecule has 13 heteroatoms. The monoisotopic (exact) mass is 531 g/mol. The number of pyridine rings is 1. The molecule has 0 spiro atoms. The first-order valence-corrected chi connectivity index (χ1v) is 12.3. The number of fused-ring (bicyclic) bond motifs is 2. The molecule has 3 aromatic rings. The van der Waals surface area contributed by atoms with Crippen molar-refractivity contribution < 1.29 is 27.1 Å². The summed E-state index contributed by atoms with van der Waals surface area (Å²) in [6, 6.07) is 5.32. The Labute approximate surface area is 215 Å². The van der Waals surface area contributed by atoms with E-state index in [0.717, 1.165) is 4.57 Å². The fourth-order valence-electron chi connectivity index (χ4n) is 5.54. The zero-order chi connectivity index (χ0) is 27.2. The highest BCUT2D eigenvalue weighted by Gasteiger charge is 2.42. The van der Waals surface area contributed by atoms with Gasteiger partial charge < -0.3 is 19.1 Å². The van der Waals surface area contributed by atoms with Gasteiger partial charge in [-0.15, -0.1) is 10.2 Å². The number of hydrogen-bond donors (Lipinski definition) is 0. The Bertz CT molecular complexity index is 1430. The Morgan fingerprint density at radius 1 is 1.24 bits per heavy atom. The van der Waals surface area contributed by atoms with Crippen molar-refractivity contribution in [3.05, 3.63) is 41.4 Å². The summed E-state index contributed by atoms with van der Waals surface area (Å²) in [6.07, 6.45) is -2.12. The van der Waals surface area contributed by atoms with E-state index in [1.165, 1.54) is 19.4 Å². The second kappa shape index (κ2) is 9.74. The number of hydrogen-bond acceptors (Lipinski definition) is 7.